The molecule has 0 radical (unpaired) electrons. The third kappa shape index (κ3) is 1.83. The topological polar surface area (TPSA) is 39.9 Å². The van der Waals surface area contributed by atoms with Crippen LogP contribution in [0.5, 0.6) is 0 Å². The molecular weight excluding hydrogens is 246 g/mol. The van der Waals surface area contributed by atoms with Gasteiger partial charge in [0, 0.05) is 13.7 Å². The maximum atomic E-state index is 5.66. The van der Waals surface area contributed by atoms with Crippen LogP contribution in [-0.4, -0.2) is 21.4 Å². The minimum atomic E-state index is 0.147. The number of alkyl halides is 1. The van der Waals surface area contributed by atoms with Crippen molar-refractivity contribution < 1.29 is 4.74 Å². The number of halogens is 1. The van der Waals surface area contributed by atoms with Gasteiger partial charge >= 0.3 is 0 Å². The van der Waals surface area contributed by atoms with Gasteiger partial charge in [0.2, 0.25) is 0 Å². The zero-order valence-electron chi connectivity index (χ0n) is 8.24. The molecule has 0 amide bonds. The lowest BCUT2D eigenvalue weighted by Gasteiger charge is -2.21. The summed E-state index contributed by atoms with van der Waals surface area (Å²) >= 11 is 3.38. The van der Waals surface area contributed by atoms with E-state index in [2.05, 4.69) is 26.1 Å². The van der Waals surface area contributed by atoms with Crippen molar-refractivity contribution >= 4 is 15.9 Å². The number of nitrogens with zero attached hydrogens (tertiary/aromatic N) is 3. The molecule has 0 aromatic carbocycles. The van der Waals surface area contributed by atoms with E-state index in [1.165, 1.54) is 12.8 Å². The Bertz CT molecular complexity index is 307. The summed E-state index contributed by atoms with van der Waals surface area (Å²) in [7, 11) is 1.99. The zero-order chi connectivity index (χ0) is 9.97. The van der Waals surface area contributed by atoms with Gasteiger partial charge in [-0.3, -0.25) is 0 Å². The third-order valence-electron chi connectivity index (χ3n) is 2.59. The van der Waals surface area contributed by atoms with E-state index < -0.39 is 0 Å². The van der Waals surface area contributed by atoms with Gasteiger partial charge in [-0.1, -0.05) is 15.9 Å². The Morgan fingerprint density at radius 2 is 2.36 bits per heavy atom. The lowest BCUT2D eigenvalue weighted by molar-refractivity contribution is 0.00759. The second-order valence-electron chi connectivity index (χ2n) is 3.52. The van der Waals surface area contributed by atoms with Gasteiger partial charge in [-0.2, -0.15) is 0 Å². The lowest BCUT2D eigenvalue weighted by Crippen LogP contribution is -2.15. The fourth-order valence-corrected chi connectivity index (χ4v) is 2.20. The van der Waals surface area contributed by atoms with E-state index >= 15 is 0 Å². The summed E-state index contributed by atoms with van der Waals surface area (Å²) in [6.45, 7) is 0.848. The minimum Gasteiger partial charge on any atom is -0.370 e. The van der Waals surface area contributed by atoms with Crippen molar-refractivity contribution in [2.45, 2.75) is 30.7 Å². The van der Waals surface area contributed by atoms with Gasteiger partial charge < -0.3 is 9.30 Å². The van der Waals surface area contributed by atoms with Crippen molar-refractivity contribution in [3.8, 4) is 0 Å². The lowest BCUT2D eigenvalue weighted by atomic mass is 10.1. The molecule has 5 heteroatoms. The summed E-state index contributed by atoms with van der Waals surface area (Å²) < 4.78 is 7.68. The first kappa shape index (κ1) is 10.1. The molecule has 0 N–H and O–H groups in total. The molecule has 0 saturated carbocycles. The third-order valence-corrected chi connectivity index (χ3v) is 3.09. The van der Waals surface area contributed by atoms with Crippen LogP contribution in [-0.2, 0) is 17.1 Å². The van der Waals surface area contributed by atoms with Gasteiger partial charge in [-0.05, 0) is 19.3 Å². The SMILES string of the molecule is Cn1c(CBr)nnc1C1CCCCO1. The molecule has 1 atom stereocenters. The number of rotatable bonds is 2. The molecule has 0 spiro atoms. The summed E-state index contributed by atoms with van der Waals surface area (Å²) in [5.74, 6) is 1.91. The molecule has 14 heavy (non-hydrogen) atoms. The van der Waals surface area contributed by atoms with Crippen molar-refractivity contribution in [3.63, 3.8) is 0 Å². The zero-order valence-corrected chi connectivity index (χ0v) is 9.83. The quantitative estimate of drug-likeness (QED) is 0.763. The molecule has 1 saturated heterocycles. The first-order valence-electron chi connectivity index (χ1n) is 4.88. The Kier molecular flexibility index (Phi) is 3.18. The average molecular weight is 260 g/mol. The Hall–Kier alpha value is -0.420. The van der Waals surface area contributed by atoms with Gasteiger partial charge in [0.1, 0.15) is 11.9 Å². The van der Waals surface area contributed by atoms with Crippen LogP contribution in [0.15, 0.2) is 0 Å². The van der Waals surface area contributed by atoms with Gasteiger partial charge in [-0.25, -0.2) is 0 Å². The van der Waals surface area contributed by atoms with E-state index in [0.29, 0.717) is 0 Å². The largest absolute Gasteiger partial charge is 0.370 e. The molecule has 4 nitrogen and oxygen atoms in total. The van der Waals surface area contributed by atoms with Crippen LogP contribution >= 0.6 is 15.9 Å². The maximum absolute atomic E-state index is 5.66. The van der Waals surface area contributed by atoms with Crippen molar-refractivity contribution in [2.75, 3.05) is 6.61 Å². The van der Waals surface area contributed by atoms with Crippen LogP contribution in [0.3, 0.4) is 0 Å². The fourth-order valence-electron chi connectivity index (χ4n) is 1.72. The molecule has 1 unspecified atom stereocenters. The highest BCUT2D eigenvalue weighted by Crippen LogP contribution is 2.26. The Balaban J connectivity index is 2.18. The van der Waals surface area contributed by atoms with E-state index in [1.54, 1.807) is 0 Å². The number of aromatic nitrogens is 3. The van der Waals surface area contributed by atoms with Gasteiger partial charge in [0.25, 0.3) is 0 Å². The number of hydrogen-bond acceptors (Lipinski definition) is 3. The minimum absolute atomic E-state index is 0.147. The Morgan fingerprint density at radius 3 is 2.93 bits per heavy atom. The van der Waals surface area contributed by atoms with E-state index in [9.17, 15) is 0 Å². The second-order valence-corrected chi connectivity index (χ2v) is 4.08. The molecule has 0 aliphatic carbocycles. The highest BCUT2D eigenvalue weighted by Gasteiger charge is 2.21. The molecule has 1 aromatic heterocycles. The highest BCUT2D eigenvalue weighted by molar-refractivity contribution is 9.08. The Morgan fingerprint density at radius 1 is 1.50 bits per heavy atom. The predicted molar refractivity (Wildman–Crippen MR) is 56.2 cm³/mol. The van der Waals surface area contributed by atoms with E-state index in [-0.39, 0.29) is 6.10 Å². The molecule has 1 aliphatic rings. The summed E-state index contributed by atoms with van der Waals surface area (Å²) in [6, 6.07) is 0. The fraction of sp³-hybridized carbons (Fsp3) is 0.778. The van der Waals surface area contributed by atoms with Crippen molar-refractivity contribution in [1.82, 2.24) is 14.8 Å². The summed E-state index contributed by atoms with van der Waals surface area (Å²) in [4.78, 5) is 0. The maximum Gasteiger partial charge on any atom is 0.162 e. The molecule has 1 fully saturated rings. The van der Waals surface area contributed by atoms with Crippen LogP contribution < -0.4 is 0 Å². The van der Waals surface area contributed by atoms with Gasteiger partial charge in [0.05, 0.1) is 5.33 Å². The van der Waals surface area contributed by atoms with Gasteiger partial charge in [0.15, 0.2) is 5.82 Å². The van der Waals surface area contributed by atoms with Gasteiger partial charge in [-0.15, -0.1) is 10.2 Å². The number of ether oxygens (including phenoxy) is 1. The highest BCUT2D eigenvalue weighted by atomic mass is 79.9. The molecule has 2 heterocycles. The monoisotopic (exact) mass is 259 g/mol. The van der Waals surface area contributed by atoms with Crippen LogP contribution in [0.4, 0.5) is 0 Å². The Labute approximate surface area is 91.8 Å². The molecule has 0 bridgehead atoms. The number of hydrogen-bond donors (Lipinski definition) is 0. The van der Waals surface area contributed by atoms with E-state index in [1.807, 2.05) is 11.6 Å². The van der Waals surface area contributed by atoms with Crippen molar-refractivity contribution in [1.29, 1.82) is 0 Å². The van der Waals surface area contributed by atoms with Crippen molar-refractivity contribution in [2.24, 2.45) is 7.05 Å². The van der Waals surface area contributed by atoms with Crippen LogP contribution in [0, 0.1) is 0 Å². The van der Waals surface area contributed by atoms with Crippen LogP contribution in [0.2, 0.25) is 0 Å². The first-order chi connectivity index (χ1) is 6.83. The van der Waals surface area contributed by atoms with Crippen LogP contribution in [0.25, 0.3) is 0 Å². The molecule has 1 aliphatic heterocycles. The van der Waals surface area contributed by atoms with Crippen molar-refractivity contribution in [3.05, 3.63) is 11.6 Å². The van der Waals surface area contributed by atoms with E-state index in [4.69, 9.17) is 4.74 Å². The molecule has 2 rings (SSSR count). The normalized spacial score (nSPS) is 22.6. The molecule has 78 valence electrons. The second kappa shape index (κ2) is 4.40. The average Bonchev–Trinajstić information content (AvgIpc) is 2.61. The molecule has 1 aromatic rings. The van der Waals surface area contributed by atoms with E-state index in [0.717, 1.165) is 30.0 Å². The summed E-state index contributed by atoms with van der Waals surface area (Å²) in [6.07, 6.45) is 3.60. The summed E-state index contributed by atoms with van der Waals surface area (Å²) in [5, 5.41) is 9.00. The molecular formula is C9H14BrN3O. The van der Waals surface area contributed by atoms with Crippen LogP contribution in [0.1, 0.15) is 37.0 Å². The standard InChI is InChI=1S/C9H14BrN3O/c1-13-8(6-10)11-12-9(13)7-4-2-3-5-14-7/h7H,2-6H2,1H3. The first-order valence-corrected chi connectivity index (χ1v) is 6.01. The smallest absolute Gasteiger partial charge is 0.162 e. The predicted octanol–water partition coefficient (Wildman–Crippen LogP) is 1.95. The summed E-state index contributed by atoms with van der Waals surface area (Å²) in [5.41, 5.74) is 0.